The van der Waals surface area contributed by atoms with Crippen LogP contribution in [0.4, 0.5) is 5.69 Å². The lowest BCUT2D eigenvalue weighted by molar-refractivity contribution is 0.0705. The van der Waals surface area contributed by atoms with Crippen molar-refractivity contribution in [2.75, 3.05) is 38.8 Å². The maximum absolute atomic E-state index is 5.94. The first-order valence-electron chi connectivity index (χ1n) is 5.80. The molecule has 0 radical (unpaired) electrons. The second kappa shape index (κ2) is 8.34. The zero-order valence-corrected chi connectivity index (χ0v) is 11.2. The predicted octanol–water partition coefficient (Wildman–Crippen LogP) is 3.11. The Morgan fingerprint density at radius 2 is 2.06 bits per heavy atom. The highest BCUT2D eigenvalue weighted by Crippen LogP contribution is 2.19. The van der Waals surface area contributed by atoms with E-state index in [-0.39, 0.29) is 0 Å². The first-order valence-corrected chi connectivity index (χ1v) is 6.18. The Morgan fingerprint density at radius 1 is 1.24 bits per heavy atom. The largest absolute Gasteiger partial charge is 0.385 e. The van der Waals surface area contributed by atoms with Gasteiger partial charge in [0.15, 0.2) is 0 Å². The van der Waals surface area contributed by atoms with Gasteiger partial charge < -0.3 is 14.8 Å². The molecule has 0 aliphatic carbocycles. The molecule has 4 heteroatoms. The van der Waals surface area contributed by atoms with E-state index in [4.69, 9.17) is 21.1 Å². The minimum atomic E-state index is 0.654. The lowest BCUT2D eigenvalue weighted by Gasteiger charge is -2.10. The molecule has 0 fully saturated rings. The summed E-state index contributed by atoms with van der Waals surface area (Å²) in [5.41, 5.74) is 2.30. The van der Waals surface area contributed by atoms with Crippen molar-refractivity contribution in [2.45, 2.75) is 13.3 Å². The number of anilines is 1. The molecule has 0 atom stereocenters. The first-order chi connectivity index (χ1) is 8.24. The Labute approximate surface area is 108 Å². The zero-order chi connectivity index (χ0) is 12.5. The number of aryl methyl sites for hydroxylation is 1. The summed E-state index contributed by atoms with van der Waals surface area (Å²) in [6.07, 6.45) is 0.968. The van der Waals surface area contributed by atoms with Crippen LogP contribution in [0.1, 0.15) is 12.0 Å². The summed E-state index contributed by atoms with van der Waals surface area (Å²) >= 11 is 5.94. The summed E-state index contributed by atoms with van der Waals surface area (Å²) in [5, 5.41) is 4.11. The second-order valence-corrected chi connectivity index (χ2v) is 4.28. The third-order valence-corrected chi connectivity index (χ3v) is 2.65. The van der Waals surface area contributed by atoms with Crippen molar-refractivity contribution in [3.63, 3.8) is 0 Å². The molecule has 0 aliphatic heterocycles. The van der Waals surface area contributed by atoms with Gasteiger partial charge in [-0.05, 0) is 31.0 Å². The van der Waals surface area contributed by atoms with Gasteiger partial charge in [-0.15, -0.1) is 0 Å². The number of ether oxygens (including phenoxy) is 2. The van der Waals surface area contributed by atoms with Crippen LogP contribution in [-0.2, 0) is 9.47 Å². The Balaban J connectivity index is 2.15. The van der Waals surface area contributed by atoms with Crippen LogP contribution >= 0.6 is 11.6 Å². The van der Waals surface area contributed by atoms with Gasteiger partial charge in [-0.2, -0.15) is 0 Å². The summed E-state index contributed by atoms with van der Waals surface area (Å²) in [6, 6.07) is 5.86. The fourth-order valence-electron chi connectivity index (χ4n) is 1.43. The third-order valence-electron chi connectivity index (χ3n) is 2.41. The normalized spacial score (nSPS) is 10.5. The molecule has 0 amide bonds. The van der Waals surface area contributed by atoms with E-state index in [1.54, 1.807) is 7.11 Å². The number of hydrogen-bond acceptors (Lipinski definition) is 3. The molecule has 17 heavy (non-hydrogen) atoms. The molecule has 96 valence electrons. The lowest BCUT2D eigenvalue weighted by Crippen LogP contribution is -2.08. The maximum Gasteiger partial charge on any atom is 0.0700 e. The molecule has 3 nitrogen and oxygen atoms in total. The molecular formula is C13H20ClNO2. The van der Waals surface area contributed by atoms with E-state index in [9.17, 15) is 0 Å². The fourth-order valence-corrected chi connectivity index (χ4v) is 1.60. The van der Waals surface area contributed by atoms with Crippen LogP contribution < -0.4 is 5.32 Å². The van der Waals surface area contributed by atoms with Crippen molar-refractivity contribution in [3.05, 3.63) is 28.8 Å². The molecule has 0 saturated heterocycles. The van der Waals surface area contributed by atoms with E-state index in [0.717, 1.165) is 30.3 Å². The molecule has 1 aromatic rings. The minimum Gasteiger partial charge on any atom is -0.385 e. The summed E-state index contributed by atoms with van der Waals surface area (Å²) in [4.78, 5) is 0. The Bertz CT molecular complexity index is 331. The molecule has 1 rings (SSSR count). The Hall–Kier alpha value is -0.770. The molecule has 0 unspecified atom stereocenters. The maximum atomic E-state index is 5.94. The fraction of sp³-hybridized carbons (Fsp3) is 0.538. The highest BCUT2D eigenvalue weighted by molar-refractivity contribution is 6.30. The Morgan fingerprint density at radius 3 is 2.82 bits per heavy atom. The van der Waals surface area contributed by atoms with Gasteiger partial charge >= 0.3 is 0 Å². The molecule has 0 aliphatic rings. The van der Waals surface area contributed by atoms with Crippen LogP contribution in [-0.4, -0.2) is 33.5 Å². The van der Waals surface area contributed by atoms with E-state index in [1.165, 1.54) is 5.56 Å². The molecule has 0 bridgehead atoms. The highest BCUT2D eigenvalue weighted by Gasteiger charge is 1.98. The average Bonchev–Trinajstić information content (AvgIpc) is 2.32. The summed E-state index contributed by atoms with van der Waals surface area (Å²) in [5.74, 6) is 0. The van der Waals surface area contributed by atoms with E-state index in [2.05, 4.69) is 12.2 Å². The van der Waals surface area contributed by atoms with Gasteiger partial charge in [0.1, 0.15) is 0 Å². The van der Waals surface area contributed by atoms with Crippen LogP contribution in [0, 0.1) is 6.92 Å². The molecule has 0 saturated carbocycles. The van der Waals surface area contributed by atoms with E-state index in [0.29, 0.717) is 13.2 Å². The predicted molar refractivity (Wildman–Crippen MR) is 72.0 cm³/mol. The van der Waals surface area contributed by atoms with Crippen molar-refractivity contribution < 1.29 is 9.47 Å². The highest BCUT2D eigenvalue weighted by atomic mass is 35.5. The van der Waals surface area contributed by atoms with Crippen molar-refractivity contribution >= 4 is 17.3 Å². The molecule has 0 aromatic heterocycles. The zero-order valence-electron chi connectivity index (χ0n) is 10.5. The molecule has 0 heterocycles. The van der Waals surface area contributed by atoms with E-state index < -0.39 is 0 Å². The van der Waals surface area contributed by atoms with Crippen LogP contribution in [0.5, 0.6) is 0 Å². The smallest absolute Gasteiger partial charge is 0.0700 e. The second-order valence-electron chi connectivity index (χ2n) is 3.84. The van der Waals surface area contributed by atoms with Gasteiger partial charge in [-0.3, -0.25) is 0 Å². The van der Waals surface area contributed by atoms with E-state index in [1.807, 2.05) is 18.2 Å². The van der Waals surface area contributed by atoms with Crippen molar-refractivity contribution in [2.24, 2.45) is 0 Å². The summed E-state index contributed by atoms with van der Waals surface area (Å²) in [7, 11) is 1.67. The molecule has 1 N–H and O–H groups in total. The van der Waals surface area contributed by atoms with Crippen molar-refractivity contribution in [3.8, 4) is 0 Å². The number of benzene rings is 1. The minimum absolute atomic E-state index is 0.654. The van der Waals surface area contributed by atoms with Gasteiger partial charge in [0.05, 0.1) is 13.2 Å². The summed E-state index contributed by atoms with van der Waals surface area (Å²) in [6.45, 7) is 5.01. The third kappa shape index (κ3) is 5.91. The SMILES string of the molecule is COCCOCCCNc1cc(Cl)ccc1C. The van der Waals surface area contributed by atoms with Crippen molar-refractivity contribution in [1.82, 2.24) is 0 Å². The lowest BCUT2D eigenvalue weighted by atomic mass is 10.2. The Kier molecular flexibility index (Phi) is 7.01. The summed E-state index contributed by atoms with van der Waals surface area (Å²) < 4.78 is 10.3. The van der Waals surface area contributed by atoms with Gasteiger partial charge in [0, 0.05) is 31.0 Å². The van der Waals surface area contributed by atoms with Gasteiger partial charge in [0.25, 0.3) is 0 Å². The molecule has 0 spiro atoms. The number of hydrogen-bond donors (Lipinski definition) is 1. The van der Waals surface area contributed by atoms with Crippen LogP contribution in [0.2, 0.25) is 5.02 Å². The van der Waals surface area contributed by atoms with Crippen LogP contribution in [0.15, 0.2) is 18.2 Å². The average molecular weight is 258 g/mol. The monoisotopic (exact) mass is 257 g/mol. The number of nitrogens with one attached hydrogen (secondary N) is 1. The first kappa shape index (κ1) is 14.3. The van der Waals surface area contributed by atoms with Gasteiger partial charge in [-0.1, -0.05) is 17.7 Å². The van der Waals surface area contributed by atoms with Crippen molar-refractivity contribution in [1.29, 1.82) is 0 Å². The van der Waals surface area contributed by atoms with E-state index >= 15 is 0 Å². The topological polar surface area (TPSA) is 30.5 Å². The van der Waals surface area contributed by atoms with Gasteiger partial charge in [-0.25, -0.2) is 0 Å². The quantitative estimate of drug-likeness (QED) is 0.726. The number of halogens is 1. The van der Waals surface area contributed by atoms with Gasteiger partial charge in [0.2, 0.25) is 0 Å². The van der Waals surface area contributed by atoms with Crippen LogP contribution in [0.3, 0.4) is 0 Å². The molecular weight excluding hydrogens is 238 g/mol. The number of rotatable bonds is 8. The standard InChI is InChI=1S/C13H20ClNO2/c1-11-4-5-12(14)10-13(11)15-6-3-7-17-9-8-16-2/h4-5,10,15H,3,6-9H2,1-2H3. The number of methoxy groups -OCH3 is 1. The van der Waals surface area contributed by atoms with Crippen LogP contribution in [0.25, 0.3) is 0 Å². The molecule has 1 aromatic carbocycles.